The summed E-state index contributed by atoms with van der Waals surface area (Å²) >= 11 is 0. The van der Waals surface area contributed by atoms with Gasteiger partial charge in [0.15, 0.2) is 0 Å². The summed E-state index contributed by atoms with van der Waals surface area (Å²) < 4.78 is 0. The van der Waals surface area contributed by atoms with E-state index < -0.39 is 0 Å². The van der Waals surface area contributed by atoms with Gasteiger partial charge in [-0.2, -0.15) is 0 Å². The Morgan fingerprint density at radius 2 is 2.23 bits per heavy atom. The molecule has 0 aliphatic heterocycles. The predicted molar refractivity (Wildman–Crippen MR) is 95.5 cm³/mol. The van der Waals surface area contributed by atoms with E-state index in [2.05, 4.69) is 21.2 Å². The molecule has 0 radical (unpaired) electrons. The van der Waals surface area contributed by atoms with Crippen molar-refractivity contribution in [1.82, 2.24) is 4.98 Å². The summed E-state index contributed by atoms with van der Waals surface area (Å²) in [5.41, 5.74) is 2.56. The van der Waals surface area contributed by atoms with E-state index in [0.29, 0.717) is 17.1 Å². The smallest absolute Gasteiger partial charge is 0.134 e. The summed E-state index contributed by atoms with van der Waals surface area (Å²) in [5, 5.41) is 11.0. The average molecular weight is 294 g/mol. The number of anilines is 1. The lowest BCUT2D eigenvalue weighted by molar-refractivity contribution is 0.888. The van der Waals surface area contributed by atoms with Crippen molar-refractivity contribution in [3.63, 3.8) is 0 Å². The fourth-order valence-electron chi connectivity index (χ4n) is 1.91. The maximum absolute atomic E-state index is 7.74. The molecule has 0 bridgehead atoms. The Labute approximate surface area is 132 Å². The lowest BCUT2D eigenvalue weighted by atomic mass is 10.1. The van der Waals surface area contributed by atoms with E-state index in [4.69, 9.17) is 11.8 Å². The highest BCUT2D eigenvalue weighted by Gasteiger charge is 2.12. The molecule has 0 aromatic carbocycles. The van der Waals surface area contributed by atoms with E-state index in [1.165, 1.54) is 6.21 Å². The number of nitrogens with one attached hydrogen (secondary N) is 2. The van der Waals surface area contributed by atoms with E-state index in [-0.39, 0.29) is 6.04 Å². The molecule has 4 nitrogen and oxygen atoms in total. The van der Waals surface area contributed by atoms with Crippen LogP contribution in [-0.4, -0.2) is 23.0 Å². The molecule has 1 aromatic heterocycles. The van der Waals surface area contributed by atoms with Crippen LogP contribution < -0.4 is 5.32 Å². The molecule has 0 spiro atoms. The molecule has 22 heavy (non-hydrogen) atoms. The summed E-state index contributed by atoms with van der Waals surface area (Å²) in [6.45, 7) is 7.85. The van der Waals surface area contributed by atoms with Gasteiger partial charge in [-0.25, -0.2) is 9.98 Å². The number of terminal acetylenes is 1. The number of rotatable bonds is 6. The minimum absolute atomic E-state index is 0.225. The number of aliphatic imine (C=N–C) groups is 1. The maximum Gasteiger partial charge on any atom is 0.134 e. The van der Waals surface area contributed by atoms with Gasteiger partial charge < -0.3 is 10.7 Å². The van der Waals surface area contributed by atoms with Crippen LogP contribution in [0.1, 0.15) is 33.3 Å². The second kappa shape index (κ2) is 8.58. The topological polar surface area (TPSA) is 61.1 Å². The van der Waals surface area contributed by atoms with Crippen molar-refractivity contribution < 1.29 is 0 Å². The van der Waals surface area contributed by atoms with Gasteiger partial charge in [0.1, 0.15) is 11.5 Å². The van der Waals surface area contributed by atoms with Crippen molar-refractivity contribution in [1.29, 1.82) is 5.41 Å². The van der Waals surface area contributed by atoms with Crippen LogP contribution in [0, 0.1) is 17.8 Å². The third-order valence-corrected chi connectivity index (χ3v) is 2.76. The Balaban J connectivity index is 3.47. The van der Waals surface area contributed by atoms with Crippen molar-refractivity contribution in [3.8, 4) is 12.3 Å². The van der Waals surface area contributed by atoms with Crippen LogP contribution in [0.25, 0.3) is 5.57 Å². The first kappa shape index (κ1) is 17.4. The molecule has 114 valence electrons. The number of aromatic nitrogens is 1. The number of nitrogens with zero attached hydrogens (tertiary/aromatic N) is 2. The molecule has 0 atom stereocenters. The molecule has 0 saturated carbocycles. The summed E-state index contributed by atoms with van der Waals surface area (Å²) in [6, 6.07) is 3.93. The van der Waals surface area contributed by atoms with E-state index >= 15 is 0 Å². The zero-order valence-corrected chi connectivity index (χ0v) is 13.5. The highest BCUT2D eigenvalue weighted by Crippen LogP contribution is 2.24. The standard InChI is InChI=1S/C18H22N4/c1-6-9-14(5)22-17(7-2)16(12-19)15-10-8-11-20-18(15)21-13(3)4/h2,6,8-13,19H,1,3-5H3,(H,20,21)/b9-6-,17-16-,19-12?,22-14-. The molecule has 0 aliphatic carbocycles. The Morgan fingerprint density at radius 3 is 2.77 bits per heavy atom. The quantitative estimate of drug-likeness (QED) is 0.617. The summed E-state index contributed by atoms with van der Waals surface area (Å²) in [5.74, 6) is 3.27. The minimum atomic E-state index is 0.225. The van der Waals surface area contributed by atoms with Crippen LogP contribution in [-0.2, 0) is 0 Å². The Bertz CT molecular complexity index is 658. The average Bonchev–Trinajstić information content (AvgIpc) is 2.48. The zero-order chi connectivity index (χ0) is 16.5. The van der Waals surface area contributed by atoms with Gasteiger partial charge in [-0.3, -0.25) is 0 Å². The lowest BCUT2D eigenvalue weighted by Gasteiger charge is -2.14. The van der Waals surface area contributed by atoms with Crippen molar-refractivity contribution in [2.75, 3.05) is 5.32 Å². The van der Waals surface area contributed by atoms with Crippen LogP contribution in [0.3, 0.4) is 0 Å². The van der Waals surface area contributed by atoms with E-state index in [1.54, 1.807) is 6.20 Å². The van der Waals surface area contributed by atoms with Crippen LogP contribution in [0.2, 0.25) is 0 Å². The minimum Gasteiger partial charge on any atom is -0.367 e. The second-order valence-corrected chi connectivity index (χ2v) is 5.00. The molecular weight excluding hydrogens is 272 g/mol. The van der Waals surface area contributed by atoms with Gasteiger partial charge in [0, 0.05) is 35.3 Å². The molecule has 0 aliphatic rings. The SMILES string of the molecule is C#CC(/N=C(C)\C=C/C)=C(\C=N)c1cccnc1NC(C)C. The maximum atomic E-state index is 7.74. The van der Waals surface area contributed by atoms with Crippen molar-refractivity contribution in [2.45, 2.75) is 33.7 Å². The van der Waals surface area contributed by atoms with Gasteiger partial charge in [-0.15, -0.1) is 6.42 Å². The third-order valence-electron chi connectivity index (χ3n) is 2.76. The van der Waals surface area contributed by atoms with Gasteiger partial charge in [0.05, 0.1) is 0 Å². The molecular formula is C18H22N4. The summed E-state index contributed by atoms with van der Waals surface area (Å²) in [7, 11) is 0. The number of allylic oxidation sites excluding steroid dienone is 4. The van der Waals surface area contributed by atoms with Crippen LogP contribution in [0.15, 0.2) is 41.2 Å². The van der Waals surface area contributed by atoms with Gasteiger partial charge in [0.25, 0.3) is 0 Å². The molecule has 0 unspecified atom stereocenters. The van der Waals surface area contributed by atoms with Gasteiger partial charge in [-0.1, -0.05) is 6.08 Å². The molecule has 1 rings (SSSR count). The van der Waals surface area contributed by atoms with Crippen molar-refractivity contribution >= 4 is 23.3 Å². The van der Waals surface area contributed by atoms with Gasteiger partial charge in [-0.05, 0) is 51.8 Å². The van der Waals surface area contributed by atoms with Gasteiger partial charge in [0.2, 0.25) is 0 Å². The Hall–Kier alpha value is -2.67. The molecule has 2 N–H and O–H groups in total. The number of hydrogen-bond acceptors (Lipinski definition) is 4. The normalized spacial score (nSPS) is 13.0. The molecule has 0 amide bonds. The predicted octanol–water partition coefficient (Wildman–Crippen LogP) is 3.93. The Kier molecular flexibility index (Phi) is 6.78. The molecule has 0 saturated heterocycles. The van der Waals surface area contributed by atoms with Crippen LogP contribution in [0.4, 0.5) is 5.82 Å². The highest BCUT2D eigenvalue weighted by atomic mass is 15.0. The molecule has 1 aromatic rings. The van der Waals surface area contributed by atoms with E-state index in [0.717, 1.165) is 11.3 Å². The molecule has 0 fully saturated rings. The summed E-state index contributed by atoms with van der Waals surface area (Å²) in [4.78, 5) is 8.76. The van der Waals surface area contributed by atoms with E-state index in [1.807, 2.05) is 52.0 Å². The van der Waals surface area contributed by atoms with Crippen LogP contribution >= 0.6 is 0 Å². The second-order valence-electron chi connectivity index (χ2n) is 5.00. The highest BCUT2D eigenvalue weighted by molar-refractivity contribution is 6.13. The summed E-state index contributed by atoms with van der Waals surface area (Å²) in [6.07, 6.45) is 12.3. The zero-order valence-electron chi connectivity index (χ0n) is 13.5. The van der Waals surface area contributed by atoms with E-state index in [9.17, 15) is 0 Å². The first-order chi connectivity index (χ1) is 10.5. The Morgan fingerprint density at radius 1 is 1.50 bits per heavy atom. The van der Waals surface area contributed by atoms with Crippen molar-refractivity contribution in [2.24, 2.45) is 4.99 Å². The monoisotopic (exact) mass is 294 g/mol. The molecule has 1 heterocycles. The first-order valence-corrected chi connectivity index (χ1v) is 7.14. The number of pyridine rings is 1. The van der Waals surface area contributed by atoms with Crippen molar-refractivity contribution in [3.05, 3.63) is 41.7 Å². The van der Waals surface area contributed by atoms with Gasteiger partial charge >= 0.3 is 0 Å². The first-order valence-electron chi connectivity index (χ1n) is 7.14. The fourth-order valence-corrected chi connectivity index (χ4v) is 1.91. The largest absolute Gasteiger partial charge is 0.367 e. The third kappa shape index (κ3) is 4.71. The molecule has 4 heteroatoms. The van der Waals surface area contributed by atoms with Crippen LogP contribution in [0.5, 0.6) is 0 Å². The lowest BCUT2D eigenvalue weighted by Crippen LogP contribution is -2.13. The number of hydrogen-bond donors (Lipinski definition) is 2. The fraction of sp³-hybridized carbons (Fsp3) is 0.278.